The average molecular weight is 483 g/mol. The predicted octanol–water partition coefficient (Wildman–Crippen LogP) is 6.00. The van der Waals surface area contributed by atoms with E-state index in [9.17, 15) is 4.79 Å². The van der Waals surface area contributed by atoms with Gasteiger partial charge in [0.15, 0.2) is 0 Å². The van der Waals surface area contributed by atoms with E-state index in [1.807, 2.05) is 30.3 Å². The molecule has 4 rings (SSSR count). The van der Waals surface area contributed by atoms with Gasteiger partial charge in [0, 0.05) is 24.3 Å². The molecule has 0 aromatic heterocycles. The number of rotatable bonds is 10. The zero-order valence-corrected chi connectivity index (χ0v) is 21.0. The molecule has 1 aliphatic rings. The first kappa shape index (κ1) is 25.5. The molecule has 1 amide bonds. The Hall–Kier alpha value is -3.62. The molecule has 3 aromatic carbocycles. The van der Waals surface area contributed by atoms with Gasteiger partial charge in [0.1, 0.15) is 12.4 Å². The summed E-state index contributed by atoms with van der Waals surface area (Å²) in [6.07, 6.45) is 5.23. The van der Waals surface area contributed by atoms with Crippen molar-refractivity contribution in [3.63, 3.8) is 0 Å². The lowest BCUT2D eigenvalue weighted by atomic mass is 9.83. The SMILES string of the molecule is CCCc1ccc(COc2cccc(C#N)c2)cc1C(=O)NC1(CCc2ccccc2)CCOCC1. The average Bonchev–Trinajstić information content (AvgIpc) is 2.93. The second-order valence-electron chi connectivity index (χ2n) is 9.50. The van der Waals surface area contributed by atoms with Crippen LogP contribution in [0.15, 0.2) is 72.8 Å². The van der Waals surface area contributed by atoms with E-state index in [1.54, 1.807) is 18.2 Å². The van der Waals surface area contributed by atoms with Gasteiger partial charge in [-0.1, -0.05) is 61.9 Å². The molecule has 5 nitrogen and oxygen atoms in total. The molecule has 1 fully saturated rings. The van der Waals surface area contributed by atoms with Gasteiger partial charge in [0.25, 0.3) is 5.91 Å². The molecule has 0 unspecified atom stereocenters. The Bertz CT molecular complexity index is 1190. The highest BCUT2D eigenvalue weighted by molar-refractivity contribution is 5.96. The third kappa shape index (κ3) is 6.74. The number of nitriles is 1. The maximum Gasteiger partial charge on any atom is 0.252 e. The maximum atomic E-state index is 13.7. The smallest absolute Gasteiger partial charge is 0.252 e. The van der Waals surface area contributed by atoms with Gasteiger partial charge in [-0.25, -0.2) is 0 Å². The van der Waals surface area contributed by atoms with Crippen molar-refractivity contribution in [1.82, 2.24) is 5.32 Å². The van der Waals surface area contributed by atoms with Crippen LogP contribution in [0.4, 0.5) is 0 Å². The number of aryl methyl sites for hydroxylation is 2. The lowest BCUT2D eigenvalue weighted by Crippen LogP contribution is -2.52. The molecule has 3 aromatic rings. The van der Waals surface area contributed by atoms with Crippen LogP contribution in [-0.4, -0.2) is 24.7 Å². The third-order valence-electron chi connectivity index (χ3n) is 6.87. The highest BCUT2D eigenvalue weighted by Crippen LogP contribution is 2.28. The fourth-order valence-electron chi connectivity index (χ4n) is 4.77. The number of hydrogen-bond acceptors (Lipinski definition) is 4. The summed E-state index contributed by atoms with van der Waals surface area (Å²) in [5, 5.41) is 12.6. The van der Waals surface area contributed by atoms with Crippen LogP contribution in [0.1, 0.15) is 65.2 Å². The van der Waals surface area contributed by atoms with Crippen LogP contribution in [0.2, 0.25) is 0 Å². The first-order chi connectivity index (χ1) is 17.6. The van der Waals surface area contributed by atoms with Crippen molar-refractivity contribution in [2.75, 3.05) is 13.2 Å². The lowest BCUT2D eigenvalue weighted by Gasteiger charge is -2.38. The zero-order chi connectivity index (χ0) is 25.2. The van der Waals surface area contributed by atoms with Gasteiger partial charge in [-0.2, -0.15) is 5.26 Å². The van der Waals surface area contributed by atoms with Crippen LogP contribution in [0, 0.1) is 11.3 Å². The summed E-state index contributed by atoms with van der Waals surface area (Å²) in [7, 11) is 0. The van der Waals surface area contributed by atoms with E-state index in [1.165, 1.54) is 5.56 Å². The molecule has 1 saturated heterocycles. The number of nitrogens with one attached hydrogen (secondary N) is 1. The number of benzene rings is 3. The highest BCUT2D eigenvalue weighted by atomic mass is 16.5. The Kier molecular flexibility index (Phi) is 8.76. The van der Waals surface area contributed by atoms with Crippen molar-refractivity contribution in [2.45, 2.75) is 57.6 Å². The van der Waals surface area contributed by atoms with E-state index in [0.717, 1.165) is 49.7 Å². The van der Waals surface area contributed by atoms with E-state index >= 15 is 0 Å². The molecule has 1 N–H and O–H groups in total. The molecule has 0 bridgehead atoms. The van der Waals surface area contributed by atoms with Gasteiger partial charge in [0.05, 0.1) is 11.6 Å². The van der Waals surface area contributed by atoms with Crippen LogP contribution in [0.5, 0.6) is 5.75 Å². The van der Waals surface area contributed by atoms with Crippen LogP contribution >= 0.6 is 0 Å². The molecule has 0 spiro atoms. The zero-order valence-electron chi connectivity index (χ0n) is 21.0. The topological polar surface area (TPSA) is 71.3 Å². The van der Waals surface area contributed by atoms with Crippen LogP contribution in [-0.2, 0) is 24.2 Å². The molecular weight excluding hydrogens is 448 g/mol. The fraction of sp³-hybridized carbons (Fsp3) is 0.355. The maximum absolute atomic E-state index is 13.7. The molecule has 0 atom stereocenters. The first-order valence-electron chi connectivity index (χ1n) is 12.8. The number of carbonyl (C=O) groups is 1. The molecule has 0 radical (unpaired) electrons. The molecule has 0 aliphatic carbocycles. The van der Waals surface area contributed by atoms with Gasteiger partial charge in [-0.15, -0.1) is 0 Å². The summed E-state index contributed by atoms with van der Waals surface area (Å²) in [4.78, 5) is 13.7. The third-order valence-corrected chi connectivity index (χ3v) is 6.87. The van der Waals surface area contributed by atoms with Crippen molar-refractivity contribution >= 4 is 5.91 Å². The first-order valence-corrected chi connectivity index (χ1v) is 12.8. The van der Waals surface area contributed by atoms with Crippen LogP contribution in [0.3, 0.4) is 0 Å². The minimum atomic E-state index is -0.279. The summed E-state index contributed by atoms with van der Waals surface area (Å²) >= 11 is 0. The van der Waals surface area contributed by atoms with E-state index < -0.39 is 0 Å². The van der Waals surface area contributed by atoms with E-state index in [4.69, 9.17) is 14.7 Å². The largest absolute Gasteiger partial charge is 0.489 e. The summed E-state index contributed by atoms with van der Waals surface area (Å²) in [6, 6.07) is 25.7. The van der Waals surface area contributed by atoms with Gasteiger partial charge < -0.3 is 14.8 Å². The number of carbonyl (C=O) groups excluding carboxylic acids is 1. The Morgan fingerprint density at radius 2 is 1.81 bits per heavy atom. The molecule has 186 valence electrons. The quantitative estimate of drug-likeness (QED) is 0.385. The summed E-state index contributed by atoms with van der Waals surface area (Å²) in [5.74, 6) is 0.612. The summed E-state index contributed by atoms with van der Waals surface area (Å²) in [5.41, 5.74) is 4.25. The van der Waals surface area contributed by atoms with Crippen molar-refractivity contribution in [2.24, 2.45) is 0 Å². The Balaban J connectivity index is 1.51. The van der Waals surface area contributed by atoms with E-state index in [0.29, 0.717) is 36.7 Å². The molecular formula is C31H34N2O3. The predicted molar refractivity (Wildman–Crippen MR) is 141 cm³/mol. The van der Waals surface area contributed by atoms with Crippen LogP contribution in [0.25, 0.3) is 0 Å². The van der Waals surface area contributed by atoms with Gasteiger partial charge in [-0.3, -0.25) is 4.79 Å². The minimum Gasteiger partial charge on any atom is -0.489 e. The highest BCUT2D eigenvalue weighted by Gasteiger charge is 2.34. The van der Waals surface area contributed by atoms with Gasteiger partial charge in [0.2, 0.25) is 0 Å². The van der Waals surface area contributed by atoms with E-state index in [-0.39, 0.29) is 11.4 Å². The number of ether oxygens (including phenoxy) is 2. The number of hydrogen-bond donors (Lipinski definition) is 1. The molecule has 36 heavy (non-hydrogen) atoms. The van der Waals surface area contributed by atoms with Crippen molar-refractivity contribution in [3.05, 3.63) is 101 Å². The molecule has 5 heteroatoms. The Morgan fingerprint density at radius 1 is 1.00 bits per heavy atom. The molecule has 1 aliphatic heterocycles. The molecule has 0 saturated carbocycles. The van der Waals surface area contributed by atoms with E-state index in [2.05, 4.69) is 42.6 Å². The van der Waals surface area contributed by atoms with Gasteiger partial charge in [-0.05, 0) is 73.1 Å². The number of amides is 1. The normalized spacial score (nSPS) is 14.6. The van der Waals surface area contributed by atoms with Gasteiger partial charge >= 0.3 is 0 Å². The Labute approximate surface area is 214 Å². The van der Waals surface area contributed by atoms with Crippen molar-refractivity contribution in [3.8, 4) is 11.8 Å². The minimum absolute atomic E-state index is 0.0262. The second kappa shape index (κ2) is 12.4. The second-order valence-corrected chi connectivity index (χ2v) is 9.50. The van der Waals surface area contributed by atoms with Crippen molar-refractivity contribution < 1.29 is 14.3 Å². The fourth-order valence-corrected chi connectivity index (χ4v) is 4.77. The molecule has 1 heterocycles. The van der Waals surface area contributed by atoms with Crippen molar-refractivity contribution in [1.29, 1.82) is 5.26 Å². The monoisotopic (exact) mass is 482 g/mol. The standard InChI is InChI=1S/C31H34N2O3/c1-2-7-27-13-12-26(23-36-28-11-6-10-25(20-28)22-32)21-29(27)30(34)33-31(16-18-35-19-17-31)15-14-24-8-4-3-5-9-24/h3-6,8-13,20-21H,2,7,14-19,23H2,1H3,(H,33,34). The Morgan fingerprint density at radius 3 is 2.56 bits per heavy atom. The lowest BCUT2D eigenvalue weighted by molar-refractivity contribution is 0.0328. The summed E-state index contributed by atoms with van der Waals surface area (Å²) in [6.45, 7) is 3.77. The summed E-state index contributed by atoms with van der Waals surface area (Å²) < 4.78 is 11.6. The van der Waals surface area contributed by atoms with Crippen LogP contribution < -0.4 is 10.1 Å². The number of nitrogens with zero attached hydrogens (tertiary/aromatic N) is 1.